The maximum atomic E-state index is 12.7. The highest BCUT2D eigenvalue weighted by Gasteiger charge is 2.56. The first-order valence-corrected chi connectivity index (χ1v) is 8.77. The molecule has 1 amide bonds. The molecule has 3 aliphatic carbocycles. The lowest BCUT2D eigenvalue weighted by Gasteiger charge is -2.62. The van der Waals surface area contributed by atoms with Gasteiger partial charge >= 0.3 is 0 Å². The summed E-state index contributed by atoms with van der Waals surface area (Å²) in [6.45, 7) is 8.31. The molecule has 6 heteroatoms. The van der Waals surface area contributed by atoms with Crippen molar-refractivity contribution in [2.75, 3.05) is 6.61 Å². The summed E-state index contributed by atoms with van der Waals surface area (Å²) in [5.41, 5.74) is 3.09. The molecule has 4 N–H and O–H groups in total. The minimum absolute atomic E-state index is 0.136. The summed E-state index contributed by atoms with van der Waals surface area (Å²) in [6, 6.07) is -0.436. The van der Waals surface area contributed by atoms with Gasteiger partial charge in [0.1, 0.15) is 12.1 Å². The van der Waals surface area contributed by atoms with E-state index in [2.05, 4.69) is 31.6 Å². The second-order valence-corrected chi connectivity index (χ2v) is 8.32. The number of rotatable bonds is 4. The van der Waals surface area contributed by atoms with Gasteiger partial charge in [-0.2, -0.15) is 5.48 Å². The van der Waals surface area contributed by atoms with E-state index in [1.807, 2.05) is 0 Å². The molecule has 132 valence electrons. The number of carbonyl (C=O) groups excluding carboxylic acids is 1. The molecular formula is C17H30N2O4. The van der Waals surface area contributed by atoms with E-state index in [1.165, 1.54) is 6.42 Å². The largest absolute Gasteiger partial charge is 0.394 e. The number of aliphatic hydroxyl groups is 2. The van der Waals surface area contributed by atoms with Crippen LogP contribution in [0.15, 0.2) is 0 Å². The summed E-state index contributed by atoms with van der Waals surface area (Å²) in [4.78, 5) is 17.9. The van der Waals surface area contributed by atoms with Gasteiger partial charge in [-0.25, -0.2) is 0 Å². The molecule has 1 heterocycles. The Labute approximate surface area is 137 Å². The molecule has 0 aromatic carbocycles. The van der Waals surface area contributed by atoms with E-state index >= 15 is 0 Å². The Bertz CT molecular complexity index is 468. The molecule has 0 unspecified atom stereocenters. The van der Waals surface area contributed by atoms with Gasteiger partial charge in [0, 0.05) is 12.0 Å². The molecule has 0 aromatic heterocycles. The van der Waals surface area contributed by atoms with Gasteiger partial charge in [-0.3, -0.25) is 9.63 Å². The van der Waals surface area contributed by atoms with Crippen LogP contribution in [0.2, 0.25) is 0 Å². The predicted molar refractivity (Wildman–Crippen MR) is 85.1 cm³/mol. The number of fused-ring (bicyclic) bond motifs is 2. The van der Waals surface area contributed by atoms with Crippen LogP contribution in [-0.2, 0) is 9.63 Å². The van der Waals surface area contributed by atoms with Crippen molar-refractivity contribution in [3.8, 4) is 0 Å². The molecule has 4 fully saturated rings. The van der Waals surface area contributed by atoms with Crippen molar-refractivity contribution in [2.45, 2.75) is 64.8 Å². The highest BCUT2D eigenvalue weighted by atomic mass is 16.7. The second-order valence-electron chi connectivity index (χ2n) is 8.32. The van der Waals surface area contributed by atoms with Crippen molar-refractivity contribution in [1.29, 1.82) is 0 Å². The van der Waals surface area contributed by atoms with E-state index in [-0.39, 0.29) is 18.6 Å². The molecule has 4 aliphatic rings. The van der Waals surface area contributed by atoms with E-state index in [4.69, 9.17) is 4.84 Å². The van der Waals surface area contributed by atoms with E-state index in [1.54, 1.807) is 6.92 Å². The third-order valence-electron chi connectivity index (χ3n) is 6.86. The topological polar surface area (TPSA) is 90.8 Å². The number of hydrogen-bond acceptors (Lipinski definition) is 5. The molecule has 23 heavy (non-hydrogen) atoms. The van der Waals surface area contributed by atoms with Crippen LogP contribution in [0.4, 0.5) is 0 Å². The zero-order valence-electron chi connectivity index (χ0n) is 14.5. The molecule has 1 aliphatic heterocycles. The fourth-order valence-corrected chi connectivity index (χ4v) is 5.12. The van der Waals surface area contributed by atoms with Gasteiger partial charge in [-0.1, -0.05) is 20.8 Å². The number of amides is 1. The molecule has 3 saturated carbocycles. The van der Waals surface area contributed by atoms with Gasteiger partial charge in [0.05, 0.1) is 12.7 Å². The van der Waals surface area contributed by atoms with Crippen LogP contribution in [0.5, 0.6) is 0 Å². The molecule has 2 bridgehead atoms. The average molecular weight is 326 g/mol. The molecule has 8 atom stereocenters. The number of nitrogens with one attached hydrogen (secondary N) is 2. The fraction of sp³-hybridized carbons (Fsp3) is 0.941. The highest BCUT2D eigenvalue weighted by molar-refractivity contribution is 5.82. The minimum atomic E-state index is -0.728. The van der Waals surface area contributed by atoms with Gasteiger partial charge in [-0.05, 0) is 42.9 Å². The lowest BCUT2D eigenvalue weighted by atomic mass is 9.45. The Hall–Kier alpha value is -0.690. The number of hydrogen-bond donors (Lipinski definition) is 4. The summed E-state index contributed by atoms with van der Waals surface area (Å²) in [7, 11) is 0. The SMILES string of the molecule is C[C@@H]1[C@@H](NC(=O)[C@H]2NO[C@@H](CO)[C@H]2[C@H](C)O)C[C@@H]2C[C@H]1C2(C)C. The summed E-state index contributed by atoms with van der Waals surface area (Å²) >= 11 is 0. The van der Waals surface area contributed by atoms with Crippen molar-refractivity contribution >= 4 is 5.91 Å². The van der Waals surface area contributed by atoms with Crippen LogP contribution < -0.4 is 10.8 Å². The Kier molecular flexibility index (Phi) is 4.46. The van der Waals surface area contributed by atoms with Crippen molar-refractivity contribution < 1.29 is 19.8 Å². The second kappa shape index (κ2) is 5.99. The van der Waals surface area contributed by atoms with Crippen LogP contribution in [0.1, 0.15) is 40.5 Å². The van der Waals surface area contributed by atoms with Crippen LogP contribution in [0, 0.1) is 29.1 Å². The smallest absolute Gasteiger partial charge is 0.240 e. The van der Waals surface area contributed by atoms with Crippen molar-refractivity contribution in [3.05, 3.63) is 0 Å². The zero-order valence-corrected chi connectivity index (χ0v) is 14.5. The van der Waals surface area contributed by atoms with Gasteiger partial charge < -0.3 is 15.5 Å². The average Bonchev–Trinajstić information content (AvgIpc) is 2.92. The molecule has 4 rings (SSSR count). The van der Waals surface area contributed by atoms with E-state index in [0.29, 0.717) is 23.2 Å². The standard InChI is InChI=1S/C17H30N2O4/c1-8-11-5-10(17(11,3)4)6-12(8)18-16(22)15-14(9(2)21)13(7-20)23-19-15/h8-15,19-21H,5-7H2,1-4H3,(H,18,22)/t8-,9-,10-,11+,12-,13-,14+,15-/m0/s1. The third-order valence-corrected chi connectivity index (χ3v) is 6.86. The quantitative estimate of drug-likeness (QED) is 0.602. The van der Waals surface area contributed by atoms with E-state index in [0.717, 1.165) is 6.42 Å². The third kappa shape index (κ3) is 2.69. The van der Waals surface area contributed by atoms with Crippen LogP contribution in [0.3, 0.4) is 0 Å². The first-order valence-electron chi connectivity index (χ1n) is 8.77. The maximum Gasteiger partial charge on any atom is 0.240 e. The van der Waals surface area contributed by atoms with Crippen LogP contribution in [0.25, 0.3) is 0 Å². The van der Waals surface area contributed by atoms with Gasteiger partial charge in [0.2, 0.25) is 5.91 Å². The Morgan fingerprint density at radius 1 is 1.43 bits per heavy atom. The maximum absolute atomic E-state index is 12.7. The molecule has 0 aromatic rings. The van der Waals surface area contributed by atoms with Crippen molar-refractivity contribution in [3.63, 3.8) is 0 Å². The summed E-state index contributed by atoms with van der Waals surface area (Å²) in [5, 5.41) is 22.4. The lowest BCUT2D eigenvalue weighted by Crippen LogP contribution is -2.62. The lowest BCUT2D eigenvalue weighted by molar-refractivity contribution is -0.137. The molecule has 6 nitrogen and oxygen atoms in total. The zero-order chi connectivity index (χ0) is 16.9. The van der Waals surface area contributed by atoms with Gasteiger partial charge in [0.15, 0.2) is 0 Å². The van der Waals surface area contributed by atoms with Crippen LogP contribution >= 0.6 is 0 Å². The van der Waals surface area contributed by atoms with Crippen LogP contribution in [-0.4, -0.2) is 47.0 Å². The summed E-state index contributed by atoms with van der Waals surface area (Å²) in [6.07, 6.45) is 1.01. The summed E-state index contributed by atoms with van der Waals surface area (Å²) < 4.78 is 0. The van der Waals surface area contributed by atoms with Crippen molar-refractivity contribution in [2.24, 2.45) is 29.1 Å². The first kappa shape index (κ1) is 17.1. The monoisotopic (exact) mass is 326 g/mol. The molecule has 0 radical (unpaired) electrons. The summed E-state index contributed by atoms with van der Waals surface area (Å²) in [5.74, 6) is 1.23. The first-order chi connectivity index (χ1) is 10.8. The molecular weight excluding hydrogens is 296 g/mol. The van der Waals surface area contributed by atoms with Crippen molar-refractivity contribution in [1.82, 2.24) is 10.8 Å². The Balaban J connectivity index is 1.64. The Morgan fingerprint density at radius 3 is 2.65 bits per heavy atom. The van der Waals surface area contributed by atoms with E-state index < -0.39 is 24.2 Å². The molecule has 0 spiro atoms. The van der Waals surface area contributed by atoms with E-state index in [9.17, 15) is 15.0 Å². The highest BCUT2D eigenvalue weighted by Crippen LogP contribution is 2.61. The number of aliphatic hydroxyl groups excluding tert-OH is 2. The number of hydroxylamine groups is 1. The van der Waals surface area contributed by atoms with Gasteiger partial charge in [0.25, 0.3) is 0 Å². The fourth-order valence-electron chi connectivity index (χ4n) is 5.12. The minimum Gasteiger partial charge on any atom is -0.394 e. The predicted octanol–water partition coefficient (Wildman–Crippen LogP) is 0.435. The van der Waals surface area contributed by atoms with Gasteiger partial charge in [-0.15, -0.1) is 0 Å². The number of carbonyl (C=O) groups is 1. The normalized spacial score (nSPS) is 46.1. The molecule has 1 saturated heterocycles. The Morgan fingerprint density at radius 2 is 2.13 bits per heavy atom.